The van der Waals surface area contributed by atoms with E-state index in [0.29, 0.717) is 6.04 Å². The monoisotopic (exact) mass is 341 g/mol. The molecule has 0 amide bonds. The van der Waals surface area contributed by atoms with Crippen molar-refractivity contribution < 1.29 is 0 Å². The highest BCUT2D eigenvalue weighted by Gasteiger charge is 2.47. The average molecular weight is 342 g/mol. The van der Waals surface area contributed by atoms with Gasteiger partial charge in [-0.05, 0) is 42.2 Å². The van der Waals surface area contributed by atoms with E-state index < -0.39 is 0 Å². The summed E-state index contributed by atoms with van der Waals surface area (Å²) in [5.41, 5.74) is 4.55. The van der Waals surface area contributed by atoms with Crippen LogP contribution < -0.4 is 5.32 Å². The molecule has 0 unspecified atom stereocenters. The third kappa shape index (κ3) is 2.12. The fourth-order valence-electron chi connectivity index (χ4n) is 4.29. The molecule has 2 heteroatoms. The highest BCUT2D eigenvalue weighted by atomic mass is 79.9. The van der Waals surface area contributed by atoms with Crippen LogP contribution in [0.25, 0.3) is 0 Å². The van der Waals surface area contributed by atoms with E-state index in [1.807, 2.05) is 0 Å². The van der Waals surface area contributed by atoms with Gasteiger partial charge in [-0.2, -0.15) is 0 Å². The molecular formula is C19H20BrN. The number of halogens is 1. The molecule has 1 atom stereocenters. The van der Waals surface area contributed by atoms with Gasteiger partial charge in [-0.3, -0.25) is 0 Å². The minimum absolute atomic E-state index is 0.277. The largest absolute Gasteiger partial charge is 0.377 e. The standard InChI is InChI=1S/C19H20BrN/c20-15-9-10-17-16(13-15)19(11-5-2-6-12-19)18(21-17)14-7-3-1-4-8-14/h1,3-4,7-10,13,18,21H,2,5-6,11-12H2/t18-/m0/s1. The summed E-state index contributed by atoms with van der Waals surface area (Å²) in [6, 6.07) is 18.1. The number of benzene rings is 2. The predicted octanol–water partition coefficient (Wildman–Crippen LogP) is 5.82. The Morgan fingerprint density at radius 1 is 0.952 bits per heavy atom. The van der Waals surface area contributed by atoms with Gasteiger partial charge in [-0.15, -0.1) is 0 Å². The van der Waals surface area contributed by atoms with E-state index in [1.165, 1.54) is 53.4 Å². The van der Waals surface area contributed by atoms with E-state index in [9.17, 15) is 0 Å². The summed E-state index contributed by atoms with van der Waals surface area (Å²) in [5, 5.41) is 3.82. The van der Waals surface area contributed by atoms with Crippen molar-refractivity contribution in [2.75, 3.05) is 5.32 Å². The summed E-state index contributed by atoms with van der Waals surface area (Å²) >= 11 is 3.66. The van der Waals surface area contributed by atoms with Crippen molar-refractivity contribution in [3.8, 4) is 0 Å². The molecule has 2 aromatic carbocycles. The fraction of sp³-hybridized carbons (Fsp3) is 0.368. The van der Waals surface area contributed by atoms with Crippen LogP contribution in [0, 0.1) is 0 Å². The van der Waals surface area contributed by atoms with Gasteiger partial charge in [0.1, 0.15) is 0 Å². The lowest BCUT2D eigenvalue weighted by atomic mass is 9.65. The van der Waals surface area contributed by atoms with E-state index in [-0.39, 0.29) is 5.41 Å². The van der Waals surface area contributed by atoms with Crippen molar-refractivity contribution in [2.24, 2.45) is 0 Å². The summed E-state index contributed by atoms with van der Waals surface area (Å²) in [4.78, 5) is 0. The molecule has 1 N–H and O–H groups in total. The summed E-state index contributed by atoms with van der Waals surface area (Å²) < 4.78 is 1.20. The van der Waals surface area contributed by atoms with Crippen LogP contribution in [0.2, 0.25) is 0 Å². The molecule has 0 saturated heterocycles. The molecule has 4 rings (SSSR count). The van der Waals surface area contributed by atoms with Gasteiger partial charge in [0, 0.05) is 15.6 Å². The number of nitrogens with one attached hydrogen (secondary N) is 1. The van der Waals surface area contributed by atoms with E-state index in [0.717, 1.165) is 0 Å². The highest BCUT2D eigenvalue weighted by molar-refractivity contribution is 9.10. The Kier molecular flexibility index (Phi) is 3.30. The molecule has 2 aliphatic rings. The fourth-order valence-corrected chi connectivity index (χ4v) is 4.65. The predicted molar refractivity (Wildman–Crippen MR) is 91.7 cm³/mol. The Bertz CT molecular complexity index is 644. The smallest absolute Gasteiger partial charge is 0.0611 e. The first-order chi connectivity index (χ1) is 10.3. The van der Waals surface area contributed by atoms with Crippen molar-refractivity contribution in [3.63, 3.8) is 0 Å². The molecular weight excluding hydrogens is 322 g/mol. The van der Waals surface area contributed by atoms with Crippen molar-refractivity contribution in [1.29, 1.82) is 0 Å². The van der Waals surface area contributed by atoms with Gasteiger partial charge in [-0.25, -0.2) is 0 Å². The van der Waals surface area contributed by atoms with Gasteiger partial charge in [0.05, 0.1) is 6.04 Å². The highest BCUT2D eigenvalue weighted by Crippen LogP contribution is 2.56. The normalized spacial score (nSPS) is 22.8. The molecule has 0 aromatic heterocycles. The molecule has 1 fully saturated rings. The molecule has 1 saturated carbocycles. The second-order valence-corrected chi connectivity index (χ2v) is 7.31. The Hall–Kier alpha value is -1.28. The summed E-state index contributed by atoms with van der Waals surface area (Å²) in [5.74, 6) is 0. The third-order valence-corrected chi connectivity index (χ3v) is 5.74. The quantitative estimate of drug-likeness (QED) is 0.689. The number of anilines is 1. The molecule has 1 aliphatic carbocycles. The van der Waals surface area contributed by atoms with Crippen LogP contribution in [0.15, 0.2) is 53.0 Å². The van der Waals surface area contributed by atoms with E-state index in [1.54, 1.807) is 0 Å². The third-order valence-electron chi connectivity index (χ3n) is 5.25. The van der Waals surface area contributed by atoms with Crippen LogP contribution >= 0.6 is 15.9 Å². The maximum absolute atomic E-state index is 3.82. The Morgan fingerprint density at radius 2 is 1.71 bits per heavy atom. The molecule has 1 heterocycles. The van der Waals surface area contributed by atoms with E-state index in [4.69, 9.17) is 0 Å². The summed E-state index contributed by atoms with van der Waals surface area (Å²) in [6.45, 7) is 0. The lowest BCUT2D eigenvalue weighted by Crippen LogP contribution is -2.34. The van der Waals surface area contributed by atoms with Crippen LogP contribution in [-0.2, 0) is 5.41 Å². The van der Waals surface area contributed by atoms with Crippen molar-refractivity contribution in [1.82, 2.24) is 0 Å². The number of fused-ring (bicyclic) bond motifs is 2. The van der Waals surface area contributed by atoms with Crippen LogP contribution in [-0.4, -0.2) is 0 Å². The zero-order valence-corrected chi connectivity index (χ0v) is 13.7. The van der Waals surface area contributed by atoms with Crippen LogP contribution in [0.1, 0.15) is 49.3 Å². The topological polar surface area (TPSA) is 12.0 Å². The molecule has 0 bridgehead atoms. The summed E-state index contributed by atoms with van der Waals surface area (Å²) in [7, 11) is 0. The molecule has 1 spiro atoms. The second-order valence-electron chi connectivity index (χ2n) is 6.39. The zero-order chi connectivity index (χ0) is 14.3. The SMILES string of the molecule is Brc1ccc2c(c1)C1(CCCCC1)[C@H](c1ccccc1)N2. The molecule has 21 heavy (non-hydrogen) atoms. The van der Waals surface area contributed by atoms with Gasteiger partial charge in [0.25, 0.3) is 0 Å². The first-order valence-corrected chi connectivity index (χ1v) is 8.70. The molecule has 1 aliphatic heterocycles. The zero-order valence-electron chi connectivity index (χ0n) is 12.1. The van der Waals surface area contributed by atoms with Gasteiger partial charge in [0.15, 0.2) is 0 Å². The Morgan fingerprint density at radius 3 is 2.48 bits per heavy atom. The maximum atomic E-state index is 3.82. The van der Waals surface area contributed by atoms with Crippen LogP contribution in [0.5, 0.6) is 0 Å². The molecule has 1 nitrogen and oxygen atoms in total. The Balaban J connectivity index is 1.85. The number of hydrogen-bond donors (Lipinski definition) is 1. The van der Waals surface area contributed by atoms with Gasteiger partial charge < -0.3 is 5.32 Å². The van der Waals surface area contributed by atoms with Gasteiger partial charge in [0.2, 0.25) is 0 Å². The maximum Gasteiger partial charge on any atom is 0.0611 e. The lowest BCUT2D eigenvalue weighted by Gasteiger charge is -2.39. The molecule has 2 aromatic rings. The summed E-state index contributed by atoms with van der Waals surface area (Å²) in [6.07, 6.45) is 6.66. The minimum Gasteiger partial charge on any atom is -0.377 e. The number of rotatable bonds is 1. The first-order valence-electron chi connectivity index (χ1n) is 7.91. The van der Waals surface area contributed by atoms with Crippen LogP contribution in [0.4, 0.5) is 5.69 Å². The molecule has 108 valence electrons. The van der Waals surface area contributed by atoms with Crippen molar-refractivity contribution in [3.05, 3.63) is 64.1 Å². The van der Waals surface area contributed by atoms with Gasteiger partial charge in [-0.1, -0.05) is 65.5 Å². The van der Waals surface area contributed by atoms with E-state index in [2.05, 4.69) is 69.8 Å². The molecule has 0 radical (unpaired) electrons. The second kappa shape index (κ2) is 5.17. The Labute approximate surface area is 134 Å². The van der Waals surface area contributed by atoms with Crippen molar-refractivity contribution >= 4 is 21.6 Å². The lowest BCUT2D eigenvalue weighted by molar-refractivity contribution is 0.270. The minimum atomic E-state index is 0.277. The van der Waals surface area contributed by atoms with Gasteiger partial charge >= 0.3 is 0 Å². The van der Waals surface area contributed by atoms with Crippen molar-refractivity contribution in [2.45, 2.75) is 43.6 Å². The van der Waals surface area contributed by atoms with E-state index >= 15 is 0 Å². The average Bonchev–Trinajstić information content (AvgIpc) is 2.83. The number of hydrogen-bond acceptors (Lipinski definition) is 1. The first kappa shape index (κ1) is 13.4. The van der Waals surface area contributed by atoms with Crippen LogP contribution in [0.3, 0.4) is 0 Å².